The van der Waals surface area contributed by atoms with Crippen molar-refractivity contribution in [1.82, 2.24) is 14.4 Å². The van der Waals surface area contributed by atoms with Crippen LogP contribution in [0, 0.1) is 19.7 Å². The first-order chi connectivity index (χ1) is 15.6. The monoisotopic (exact) mass is 475 g/mol. The number of sulfonamides is 1. The topological polar surface area (TPSA) is 123 Å². The molecule has 2 heterocycles. The van der Waals surface area contributed by atoms with Crippen LogP contribution in [0.2, 0.25) is 0 Å². The van der Waals surface area contributed by atoms with E-state index in [0.717, 1.165) is 15.4 Å². The molecule has 1 aromatic heterocycles. The number of aliphatic hydroxyl groups excluding tert-OH is 1. The summed E-state index contributed by atoms with van der Waals surface area (Å²) >= 11 is 0. The lowest BCUT2D eigenvalue weighted by Gasteiger charge is -2.22. The molecule has 0 spiro atoms. The highest BCUT2D eigenvalue weighted by atomic mass is 32.2. The molecule has 33 heavy (non-hydrogen) atoms. The van der Waals surface area contributed by atoms with Gasteiger partial charge in [0.15, 0.2) is 6.61 Å². The van der Waals surface area contributed by atoms with Crippen molar-refractivity contribution < 1.29 is 32.0 Å². The second-order valence-electron chi connectivity index (χ2n) is 7.86. The van der Waals surface area contributed by atoms with Gasteiger partial charge >= 0.3 is 5.97 Å². The Hall–Kier alpha value is -3.15. The lowest BCUT2D eigenvalue weighted by atomic mass is 10.1. The third-order valence-electron chi connectivity index (χ3n) is 5.49. The summed E-state index contributed by atoms with van der Waals surface area (Å²) in [5.74, 6) is -1.06. The molecule has 9 nitrogen and oxygen atoms in total. The maximum absolute atomic E-state index is 13.2. The summed E-state index contributed by atoms with van der Waals surface area (Å²) in [6.07, 6.45) is -1.09. The van der Waals surface area contributed by atoms with Crippen molar-refractivity contribution in [2.45, 2.75) is 43.9 Å². The predicted octanol–water partition coefficient (Wildman–Crippen LogP) is 2.36. The Balaban J connectivity index is 1.47. The highest BCUT2D eigenvalue weighted by molar-refractivity contribution is 7.89. The van der Waals surface area contributed by atoms with Crippen molar-refractivity contribution >= 4 is 16.0 Å². The summed E-state index contributed by atoms with van der Waals surface area (Å²) in [5, 5.41) is 13.8. The molecule has 1 aliphatic rings. The minimum absolute atomic E-state index is 0.0413. The highest BCUT2D eigenvalue weighted by Crippen LogP contribution is 2.28. The smallest absolute Gasteiger partial charge is 0.325 e. The van der Waals surface area contributed by atoms with Crippen LogP contribution in [-0.4, -0.2) is 52.6 Å². The van der Waals surface area contributed by atoms with Gasteiger partial charge in [-0.1, -0.05) is 11.2 Å². The van der Waals surface area contributed by atoms with Crippen LogP contribution in [0.1, 0.15) is 23.4 Å². The molecular weight excluding hydrogens is 453 g/mol. The fourth-order valence-electron chi connectivity index (χ4n) is 3.53. The average molecular weight is 475 g/mol. The Kier molecular flexibility index (Phi) is 6.28. The number of aliphatic hydroxyl groups is 1. The zero-order valence-electron chi connectivity index (χ0n) is 17.9. The minimum Gasteiger partial charge on any atom is -0.456 e. The maximum atomic E-state index is 13.2. The third kappa shape index (κ3) is 4.80. The molecule has 0 saturated carbocycles. The average Bonchev–Trinajstić information content (AvgIpc) is 3.41. The Labute approximate surface area is 189 Å². The van der Waals surface area contributed by atoms with Crippen LogP contribution < -0.4 is 0 Å². The van der Waals surface area contributed by atoms with E-state index in [-0.39, 0.29) is 36.2 Å². The van der Waals surface area contributed by atoms with Gasteiger partial charge in [0.25, 0.3) is 5.89 Å². The number of rotatable bonds is 6. The van der Waals surface area contributed by atoms with Gasteiger partial charge in [-0.2, -0.15) is 9.29 Å². The Morgan fingerprint density at radius 3 is 2.64 bits per heavy atom. The number of hydrogen-bond donors (Lipinski definition) is 1. The molecule has 0 radical (unpaired) electrons. The van der Waals surface area contributed by atoms with E-state index >= 15 is 0 Å². The van der Waals surface area contributed by atoms with Crippen LogP contribution in [0.3, 0.4) is 0 Å². The molecule has 0 amide bonds. The van der Waals surface area contributed by atoms with Crippen LogP contribution in [0.5, 0.6) is 0 Å². The van der Waals surface area contributed by atoms with Gasteiger partial charge in [-0.25, -0.2) is 12.8 Å². The highest BCUT2D eigenvalue weighted by Gasteiger charge is 2.44. The van der Waals surface area contributed by atoms with Gasteiger partial charge in [-0.15, -0.1) is 0 Å². The molecule has 3 aromatic rings. The second kappa shape index (κ2) is 9.00. The molecule has 1 aliphatic heterocycles. The van der Waals surface area contributed by atoms with Gasteiger partial charge in [-0.05, 0) is 61.4 Å². The summed E-state index contributed by atoms with van der Waals surface area (Å²) < 4.78 is 50.7. The standard InChI is InChI=1S/C22H22FN3O6S/c1-13-3-8-18(9-14(13)2)33(29,30)26-11-17(27)10-19(26)22(28)31-12-20-24-21(32-25-20)15-4-6-16(23)7-5-15/h3-9,17,19,27H,10-12H2,1-2H3/t17?,19-/m0/s1. The van der Waals surface area contributed by atoms with E-state index < -0.39 is 34.0 Å². The number of aromatic nitrogens is 2. The number of esters is 1. The van der Waals surface area contributed by atoms with Crippen molar-refractivity contribution in [1.29, 1.82) is 0 Å². The fourth-order valence-corrected chi connectivity index (χ4v) is 5.24. The molecule has 1 unspecified atom stereocenters. The largest absolute Gasteiger partial charge is 0.456 e. The van der Waals surface area contributed by atoms with Crippen LogP contribution in [0.25, 0.3) is 11.5 Å². The van der Waals surface area contributed by atoms with Gasteiger partial charge in [0.2, 0.25) is 15.8 Å². The molecule has 1 saturated heterocycles. The van der Waals surface area contributed by atoms with Gasteiger partial charge in [0.05, 0.1) is 11.0 Å². The van der Waals surface area contributed by atoms with E-state index in [1.807, 2.05) is 6.92 Å². The van der Waals surface area contributed by atoms with Crippen LogP contribution in [-0.2, 0) is 26.2 Å². The number of benzene rings is 2. The summed E-state index contributed by atoms with van der Waals surface area (Å²) in [5.41, 5.74) is 2.22. The zero-order valence-corrected chi connectivity index (χ0v) is 18.8. The number of carbonyl (C=O) groups is 1. The number of β-amino-alcohol motifs (C(OH)–C–C–N with tert-alkyl or cyclic N) is 1. The van der Waals surface area contributed by atoms with Crippen LogP contribution in [0.15, 0.2) is 51.9 Å². The van der Waals surface area contributed by atoms with Crippen molar-refractivity contribution in [3.8, 4) is 11.5 Å². The lowest BCUT2D eigenvalue weighted by Crippen LogP contribution is -2.41. The molecule has 174 valence electrons. The quantitative estimate of drug-likeness (QED) is 0.539. The van der Waals surface area contributed by atoms with Gasteiger partial charge in [0, 0.05) is 18.5 Å². The minimum atomic E-state index is -4.03. The van der Waals surface area contributed by atoms with Crippen molar-refractivity contribution in [2.75, 3.05) is 6.54 Å². The van der Waals surface area contributed by atoms with Gasteiger partial charge < -0.3 is 14.4 Å². The van der Waals surface area contributed by atoms with Gasteiger partial charge in [0.1, 0.15) is 11.9 Å². The predicted molar refractivity (Wildman–Crippen MR) is 114 cm³/mol. The van der Waals surface area contributed by atoms with Crippen LogP contribution >= 0.6 is 0 Å². The number of ether oxygens (including phenoxy) is 1. The molecule has 1 N–H and O–H groups in total. The molecule has 0 bridgehead atoms. The van der Waals surface area contributed by atoms with E-state index in [4.69, 9.17) is 9.26 Å². The fraction of sp³-hybridized carbons (Fsp3) is 0.318. The van der Waals surface area contributed by atoms with Crippen molar-refractivity contribution in [3.63, 3.8) is 0 Å². The number of nitrogens with zero attached hydrogens (tertiary/aromatic N) is 3. The maximum Gasteiger partial charge on any atom is 0.325 e. The summed E-state index contributed by atoms with van der Waals surface area (Å²) in [6.45, 7) is 3.09. The second-order valence-corrected chi connectivity index (χ2v) is 9.75. The summed E-state index contributed by atoms with van der Waals surface area (Å²) in [4.78, 5) is 16.9. The van der Waals surface area contributed by atoms with Crippen molar-refractivity contribution in [2.24, 2.45) is 0 Å². The number of halogens is 1. The molecule has 11 heteroatoms. The van der Waals surface area contributed by atoms with E-state index in [1.54, 1.807) is 13.0 Å². The SMILES string of the molecule is Cc1ccc(S(=O)(=O)N2CC(O)C[C@H]2C(=O)OCc2noc(-c3ccc(F)cc3)n2)cc1C. The first-order valence-electron chi connectivity index (χ1n) is 10.2. The first-order valence-corrected chi connectivity index (χ1v) is 11.6. The number of hydrogen-bond acceptors (Lipinski definition) is 8. The molecule has 0 aliphatic carbocycles. The number of aryl methyl sites for hydroxylation is 2. The molecule has 1 fully saturated rings. The molecule has 2 aromatic carbocycles. The van der Waals surface area contributed by atoms with E-state index in [9.17, 15) is 22.7 Å². The third-order valence-corrected chi connectivity index (χ3v) is 7.36. The lowest BCUT2D eigenvalue weighted by molar-refractivity contribution is -0.149. The van der Waals surface area contributed by atoms with Gasteiger partial charge in [-0.3, -0.25) is 4.79 Å². The number of carbonyl (C=O) groups excluding carboxylic acids is 1. The Morgan fingerprint density at radius 1 is 1.21 bits per heavy atom. The Morgan fingerprint density at radius 2 is 1.94 bits per heavy atom. The van der Waals surface area contributed by atoms with Crippen LogP contribution in [0.4, 0.5) is 4.39 Å². The van der Waals surface area contributed by atoms with E-state index in [0.29, 0.717) is 5.56 Å². The van der Waals surface area contributed by atoms with Crippen molar-refractivity contribution in [3.05, 3.63) is 65.2 Å². The summed E-state index contributed by atoms with van der Waals surface area (Å²) in [7, 11) is -4.03. The molecule has 4 rings (SSSR count). The van der Waals surface area contributed by atoms with E-state index in [2.05, 4.69) is 10.1 Å². The zero-order chi connectivity index (χ0) is 23.8. The first kappa shape index (κ1) is 23.0. The molecule has 2 atom stereocenters. The molecular formula is C22H22FN3O6S. The normalized spacial score (nSPS) is 19.0. The Bertz CT molecular complexity index is 1280. The summed E-state index contributed by atoms with van der Waals surface area (Å²) in [6, 6.07) is 8.94. The van der Waals surface area contributed by atoms with E-state index in [1.165, 1.54) is 36.4 Å².